The average Bonchev–Trinajstić information content (AvgIpc) is 2.97. The van der Waals surface area contributed by atoms with Crippen LogP contribution in [-0.2, 0) is 0 Å². The fourth-order valence-corrected chi connectivity index (χ4v) is 2.74. The molecule has 0 amide bonds. The summed E-state index contributed by atoms with van der Waals surface area (Å²) in [4.78, 5) is 10.4. The van der Waals surface area contributed by atoms with E-state index < -0.39 is 4.92 Å². The largest absolute Gasteiger partial charge is 0.506 e. The summed E-state index contributed by atoms with van der Waals surface area (Å²) in [6.07, 6.45) is 1.28. The number of nitro benzene ring substituents is 1. The molecule has 126 valence electrons. The summed E-state index contributed by atoms with van der Waals surface area (Å²) in [7, 11) is 0. The van der Waals surface area contributed by atoms with Crippen molar-refractivity contribution in [3.8, 4) is 17.1 Å². The van der Waals surface area contributed by atoms with Crippen molar-refractivity contribution in [1.29, 1.82) is 0 Å². The molecule has 10 heteroatoms. The van der Waals surface area contributed by atoms with E-state index in [-0.39, 0.29) is 26.2 Å². The molecule has 0 spiro atoms. The molecule has 0 atom stereocenters. The summed E-state index contributed by atoms with van der Waals surface area (Å²) in [6, 6.07) is 11.7. The minimum atomic E-state index is -0.555. The van der Waals surface area contributed by atoms with Crippen molar-refractivity contribution in [1.82, 2.24) is 14.9 Å². The quantitative estimate of drug-likeness (QED) is 0.288. The summed E-state index contributed by atoms with van der Waals surface area (Å²) in [5.41, 5.74) is 0.782. The predicted molar refractivity (Wildman–Crippen MR) is 98.3 cm³/mol. The van der Waals surface area contributed by atoms with Crippen LogP contribution < -0.4 is 0 Å². The number of phenols is 1. The zero-order chi connectivity index (χ0) is 18.0. The molecule has 0 saturated carbocycles. The molecule has 0 fully saturated rings. The van der Waals surface area contributed by atoms with Gasteiger partial charge < -0.3 is 5.11 Å². The Morgan fingerprint density at radius 2 is 2.08 bits per heavy atom. The molecule has 1 heterocycles. The number of aromatic amines is 1. The highest BCUT2D eigenvalue weighted by atomic mass is 79.9. The van der Waals surface area contributed by atoms with Gasteiger partial charge in [0.05, 0.1) is 15.6 Å². The number of nitrogens with one attached hydrogen (secondary N) is 1. The summed E-state index contributed by atoms with van der Waals surface area (Å²) < 4.78 is 1.82. The number of phenolic OH excluding ortho intramolecular Hbond substituents is 1. The van der Waals surface area contributed by atoms with Crippen molar-refractivity contribution in [2.75, 3.05) is 0 Å². The van der Waals surface area contributed by atoms with E-state index in [0.29, 0.717) is 5.82 Å². The number of aromatic nitrogens is 3. The number of hydrogen-bond acceptors (Lipinski definition) is 6. The van der Waals surface area contributed by atoms with Gasteiger partial charge in [0.15, 0.2) is 5.82 Å². The first-order valence-electron chi connectivity index (χ1n) is 6.91. The SMILES string of the molecule is O=[N+]([O-])c1cc(Br)c(O)c(/C=N\n2c(-c3ccccc3)n[nH]c2=S)c1. The lowest BCUT2D eigenvalue weighted by molar-refractivity contribution is -0.385. The lowest BCUT2D eigenvalue weighted by Crippen LogP contribution is -1.96. The first-order valence-corrected chi connectivity index (χ1v) is 8.11. The molecule has 3 aromatic rings. The van der Waals surface area contributed by atoms with Gasteiger partial charge in [-0.1, -0.05) is 30.3 Å². The minimum Gasteiger partial charge on any atom is -0.506 e. The summed E-state index contributed by atoms with van der Waals surface area (Å²) >= 11 is 8.25. The third kappa shape index (κ3) is 3.49. The molecular weight excluding hydrogens is 410 g/mol. The molecule has 2 aromatic carbocycles. The first-order chi connectivity index (χ1) is 12.0. The Bertz CT molecular complexity index is 1030. The number of rotatable bonds is 4. The summed E-state index contributed by atoms with van der Waals surface area (Å²) in [6.45, 7) is 0. The molecule has 0 aliphatic carbocycles. The van der Waals surface area contributed by atoms with Gasteiger partial charge in [-0.25, -0.2) is 5.10 Å². The Hall–Kier alpha value is -2.85. The average molecular weight is 420 g/mol. The van der Waals surface area contributed by atoms with Crippen molar-refractivity contribution in [3.63, 3.8) is 0 Å². The molecule has 3 rings (SSSR count). The first kappa shape index (κ1) is 17.0. The molecule has 0 radical (unpaired) electrons. The molecular formula is C15H10BrN5O3S. The van der Waals surface area contributed by atoms with Crippen molar-refractivity contribution in [2.45, 2.75) is 0 Å². The molecule has 0 saturated heterocycles. The number of nitrogens with zero attached hydrogens (tertiary/aromatic N) is 4. The van der Waals surface area contributed by atoms with Gasteiger partial charge >= 0.3 is 0 Å². The van der Waals surface area contributed by atoms with Crippen LogP contribution >= 0.6 is 28.1 Å². The van der Waals surface area contributed by atoms with Crippen molar-refractivity contribution in [2.24, 2.45) is 5.10 Å². The van der Waals surface area contributed by atoms with Crippen LogP contribution in [0.4, 0.5) is 5.69 Å². The van der Waals surface area contributed by atoms with Crippen LogP contribution in [0.3, 0.4) is 0 Å². The lowest BCUT2D eigenvalue weighted by atomic mass is 10.2. The standard InChI is InChI=1S/C15H10BrN5O3S/c16-12-7-11(21(23)24)6-10(13(12)22)8-17-20-14(18-19-15(20)25)9-4-2-1-3-5-9/h1-8,22H,(H,19,25)/b17-8-. The van der Waals surface area contributed by atoms with Crippen LogP contribution in [0.25, 0.3) is 11.4 Å². The van der Waals surface area contributed by atoms with Crippen LogP contribution in [0.2, 0.25) is 0 Å². The van der Waals surface area contributed by atoms with E-state index in [9.17, 15) is 15.2 Å². The van der Waals surface area contributed by atoms with Gasteiger partial charge in [-0.15, -0.1) is 0 Å². The molecule has 8 nitrogen and oxygen atoms in total. The second-order valence-electron chi connectivity index (χ2n) is 4.90. The summed E-state index contributed by atoms with van der Waals surface area (Å²) in [5.74, 6) is 0.316. The Kier molecular flexibility index (Phi) is 4.72. The monoisotopic (exact) mass is 419 g/mol. The normalized spacial score (nSPS) is 11.1. The zero-order valence-corrected chi connectivity index (χ0v) is 14.9. The van der Waals surface area contributed by atoms with E-state index in [0.717, 1.165) is 5.56 Å². The van der Waals surface area contributed by atoms with Gasteiger partial charge in [-0.2, -0.15) is 14.9 Å². The van der Waals surface area contributed by atoms with E-state index >= 15 is 0 Å². The highest BCUT2D eigenvalue weighted by Crippen LogP contribution is 2.31. The fraction of sp³-hybridized carbons (Fsp3) is 0. The van der Waals surface area contributed by atoms with Crippen molar-refractivity contribution in [3.05, 3.63) is 67.4 Å². The lowest BCUT2D eigenvalue weighted by Gasteiger charge is -2.03. The number of nitro groups is 1. The van der Waals surface area contributed by atoms with E-state index in [1.54, 1.807) is 0 Å². The highest BCUT2D eigenvalue weighted by molar-refractivity contribution is 9.10. The molecule has 2 N–H and O–H groups in total. The zero-order valence-electron chi connectivity index (χ0n) is 12.5. The van der Waals surface area contributed by atoms with Crippen LogP contribution in [0.1, 0.15) is 5.56 Å². The number of non-ortho nitro benzene ring substituents is 1. The van der Waals surface area contributed by atoms with E-state index in [1.807, 2.05) is 30.3 Å². The number of aromatic hydroxyl groups is 1. The second-order valence-corrected chi connectivity index (χ2v) is 6.14. The smallest absolute Gasteiger partial charge is 0.271 e. The number of H-pyrrole nitrogens is 1. The van der Waals surface area contributed by atoms with Gasteiger partial charge in [0.25, 0.3) is 5.69 Å². The molecule has 0 unspecified atom stereocenters. The fourth-order valence-electron chi connectivity index (χ4n) is 2.10. The van der Waals surface area contributed by atoms with Gasteiger partial charge in [-0.05, 0) is 28.1 Å². The van der Waals surface area contributed by atoms with Crippen molar-refractivity contribution >= 4 is 40.0 Å². The van der Waals surface area contributed by atoms with E-state index in [2.05, 4.69) is 31.2 Å². The third-order valence-corrected chi connectivity index (χ3v) is 4.15. The molecule has 0 aliphatic rings. The van der Waals surface area contributed by atoms with E-state index in [4.69, 9.17) is 12.2 Å². The maximum absolute atomic E-state index is 11.0. The summed E-state index contributed by atoms with van der Waals surface area (Å²) in [5, 5.41) is 32.0. The van der Waals surface area contributed by atoms with Crippen LogP contribution in [-0.4, -0.2) is 31.1 Å². The van der Waals surface area contributed by atoms with Crippen molar-refractivity contribution < 1.29 is 10.0 Å². The Balaban J connectivity index is 2.06. The second kappa shape index (κ2) is 6.95. The maximum atomic E-state index is 11.0. The van der Waals surface area contributed by atoms with Gasteiger partial charge in [-0.3, -0.25) is 10.1 Å². The maximum Gasteiger partial charge on any atom is 0.271 e. The molecule has 0 aliphatic heterocycles. The van der Waals surface area contributed by atoms with Gasteiger partial charge in [0.1, 0.15) is 5.75 Å². The van der Waals surface area contributed by atoms with Crippen LogP contribution in [0.5, 0.6) is 5.75 Å². The van der Waals surface area contributed by atoms with Crippen LogP contribution in [0.15, 0.2) is 52.0 Å². The van der Waals surface area contributed by atoms with Crippen LogP contribution in [0, 0.1) is 14.9 Å². The Morgan fingerprint density at radius 3 is 2.76 bits per heavy atom. The number of halogens is 1. The van der Waals surface area contributed by atoms with E-state index in [1.165, 1.54) is 23.0 Å². The number of hydrogen-bond donors (Lipinski definition) is 2. The topological polar surface area (TPSA) is 109 Å². The number of benzene rings is 2. The molecule has 0 bridgehead atoms. The minimum absolute atomic E-state index is 0.161. The molecule has 25 heavy (non-hydrogen) atoms. The highest BCUT2D eigenvalue weighted by Gasteiger charge is 2.14. The predicted octanol–water partition coefficient (Wildman–Crippen LogP) is 3.87. The Morgan fingerprint density at radius 1 is 1.36 bits per heavy atom. The molecule has 1 aromatic heterocycles. The van der Waals surface area contributed by atoms with Gasteiger partial charge in [0.2, 0.25) is 4.77 Å². The van der Waals surface area contributed by atoms with Gasteiger partial charge in [0, 0.05) is 23.3 Å². The Labute approximate surface area is 154 Å². The third-order valence-electron chi connectivity index (χ3n) is 3.28.